The van der Waals surface area contributed by atoms with Crippen LogP contribution >= 0.6 is 0 Å². The Kier molecular flexibility index (Phi) is 4.66. The van der Waals surface area contributed by atoms with Crippen molar-refractivity contribution in [2.75, 3.05) is 13.1 Å². The number of nitrogens with zero attached hydrogens (tertiary/aromatic N) is 1. The summed E-state index contributed by atoms with van der Waals surface area (Å²) in [5.74, 6) is 1.74. The van der Waals surface area contributed by atoms with E-state index in [1.165, 1.54) is 24.9 Å². The second-order valence-corrected chi connectivity index (χ2v) is 7.32. The minimum Gasteiger partial charge on any atom is -0.311 e. The second kappa shape index (κ2) is 6.50. The molecule has 1 saturated heterocycles. The van der Waals surface area contributed by atoms with E-state index >= 15 is 0 Å². The molecular formula is C19H30N2. The van der Waals surface area contributed by atoms with Crippen molar-refractivity contribution in [1.29, 1.82) is 0 Å². The SMILES string of the molecule is CC1CCC(N2CC(Cc3ccccc3)NCC2C)C1C. The van der Waals surface area contributed by atoms with Crippen molar-refractivity contribution in [3.8, 4) is 0 Å². The lowest BCUT2D eigenvalue weighted by molar-refractivity contribution is 0.0694. The highest BCUT2D eigenvalue weighted by Gasteiger charge is 2.38. The van der Waals surface area contributed by atoms with Crippen molar-refractivity contribution < 1.29 is 0 Å². The van der Waals surface area contributed by atoms with Crippen molar-refractivity contribution in [2.24, 2.45) is 11.8 Å². The topological polar surface area (TPSA) is 15.3 Å². The molecular weight excluding hydrogens is 256 g/mol. The zero-order chi connectivity index (χ0) is 14.8. The summed E-state index contributed by atoms with van der Waals surface area (Å²) in [4.78, 5) is 2.80. The van der Waals surface area contributed by atoms with Gasteiger partial charge in [0.2, 0.25) is 0 Å². The van der Waals surface area contributed by atoms with Crippen LogP contribution < -0.4 is 5.32 Å². The molecule has 1 aliphatic heterocycles. The minimum absolute atomic E-state index is 0.603. The van der Waals surface area contributed by atoms with Crippen LogP contribution in [0.1, 0.15) is 39.2 Å². The number of hydrogen-bond donors (Lipinski definition) is 1. The predicted octanol–water partition coefficient (Wildman–Crippen LogP) is 3.33. The summed E-state index contributed by atoms with van der Waals surface area (Å²) in [5, 5.41) is 3.76. The molecule has 5 unspecified atom stereocenters. The van der Waals surface area contributed by atoms with Crippen molar-refractivity contribution in [2.45, 2.75) is 58.2 Å². The van der Waals surface area contributed by atoms with Crippen LogP contribution in [0, 0.1) is 11.8 Å². The molecule has 5 atom stereocenters. The van der Waals surface area contributed by atoms with Crippen LogP contribution in [0.3, 0.4) is 0 Å². The molecule has 1 aromatic carbocycles. The van der Waals surface area contributed by atoms with Crippen LogP contribution in [0.5, 0.6) is 0 Å². The van der Waals surface area contributed by atoms with Crippen molar-refractivity contribution >= 4 is 0 Å². The standard InChI is InChI=1S/C19H30N2/c1-14-9-10-19(16(14)3)21-13-18(20-12-15(21)2)11-17-7-5-4-6-8-17/h4-8,14-16,18-20H,9-13H2,1-3H3. The average molecular weight is 286 g/mol. The summed E-state index contributed by atoms with van der Waals surface area (Å²) < 4.78 is 0. The summed E-state index contributed by atoms with van der Waals surface area (Å²) in [6.45, 7) is 9.62. The summed E-state index contributed by atoms with van der Waals surface area (Å²) in [7, 11) is 0. The van der Waals surface area contributed by atoms with Crippen LogP contribution in [0.25, 0.3) is 0 Å². The maximum atomic E-state index is 3.76. The molecule has 1 heterocycles. The molecule has 2 nitrogen and oxygen atoms in total. The highest BCUT2D eigenvalue weighted by atomic mass is 15.3. The monoisotopic (exact) mass is 286 g/mol. The van der Waals surface area contributed by atoms with Gasteiger partial charge in [-0.25, -0.2) is 0 Å². The Morgan fingerprint density at radius 2 is 1.86 bits per heavy atom. The maximum Gasteiger partial charge on any atom is 0.0236 e. The van der Waals surface area contributed by atoms with Crippen LogP contribution in [0.4, 0.5) is 0 Å². The third kappa shape index (κ3) is 3.32. The number of rotatable bonds is 3. The first-order valence-electron chi connectivity index (χ1n) is 8.68. The Morgan fingerprint density at radius 1 is 1.10 bits per heavy atom. The highest BCUT2D eigenvalue weighted by molar-refractivity contribution is 5.16. The zero-order valence-corrected chi connectivity index (χ0v) is 13.8. The van der Waals surface area contributed by atoms with E-state index in [0.717, 1.165) is 30.8 Å². The Hall–Kier alpha value is -0.860. The molecule has 116 valence electrons. The maximum absolute atomic E-state index is 3.76. The van der Waals surface area contributed by atoms with Gasteiger partial charge in [-0.2, -0.15) is 0 Å². The molecule has 2 heteroatoms. The molecule has 3 rings (SSSR count). The van der Waals surface area contributed by atoms with Gasteiger partial charge in [-0.15, -0.1) is 0 Å². The first-order valence-corrected chi connectivity index (χ1v) is 8.68. The van der Waals surface area contributed by atoms with Gasteiger partial charge in [0, 0.05) is 31.2 Å². The first-order chi connectivity index (χ1) is 10.1. The average Bonchev–Trinajstić information content (AvgIpc) is 2.82. The lowest BCUT2D eigenvalue weighted by Gasteiger charge is -2.44. The normalized spacial score (nSPS) is 37.8. The van der Waals surface area contributed by atoms with Crippen molar-refractivity contribution in [1.82, 2.24) is 10.2 Å². The molecule has 1 saturated carbocycles. The van der Waals surface area contributed by atoms with E-state index in [4.69, 9.17) is 0 Å². The molecule has 0 amide bonds. The Labute approximate surface area is 129 Å². The van der Waals surface area contributed by atoms with E-state index in [1.807, 2.05) is 0 Å². The zero-order valence-electron chi connectivity index (χ0n) is 13.8. The third-order valence-corrected chi connectivity index (χ3v) is 5.87. The lowest BCUT2D eigenvalue weighted by Crippen LogP contribution is -2.59. The minimum atomic E-state index is 0.603. The predicted molar refractivity (Wildman–Crippen MR) is 89.5 cm³/mol. The van der Waals surface area contributed by atoms with Gasteiger partial charge in [-0.05, 0) is 43.6 Å². The third-order valence-electron chi connectivity index (χ3n) is 5.87. The number of benzene rings is 1. The van der Waals surface area contributed by atoms with Gasteiger partial charge in [0.15, 0.2) is 0 Å². The van der Waals surface area contributed by atoms with Gasteiger partial charge in [0.05, 0.1) is 0 Å². The summed E-state index contributed by atoms with van der Waals surface area (Å²) >= 11 is 0. The fourth-order valence-electron chi connectivity index (χ4n) is 4.26. The van der Waals surface area contributed by atoms with Gasteiger partial charge in [0.1, 0.15) is 0 Å². The van der Waals surface area contributed by atoms with E-state index < -0.39 is 0 Å². The molecule has 0 spiro atoms. The highest BCUT2D eigenvalue weighted by Crippen LogP contribution is 2.36. The van der Waals surface area contributed by atoms with Gasteiger partial charge in [0.25, 0.3) is 0 Å². The fourth-order valence-corrected chi connectivity index (χ4v) is 4.26. The summed E-state index contributed by atoms with van der Waals surface area (Å²) in [5.41, 5.74) is 1.46. The molecule has 1 aliphatic carbocycles. The van der Waals surface area contributed by atoms with Gasteiger partial charge in [-0.3, -0.25) is 4.90 Å². The Bertz CT molecular complexity index is 444. The van der Waals surface area contributed by atoms with E-state index in [-0.39, 0.29) is 0 Å². The molecule has 2 fully saturated rings. The molecule has 2 aliphatic rings. The van der Waals surface area contributed by atoms with E-state index in [1.54, 1.807) is 0 Å². The van der Waals surface area contributed by atoms with Gasteiger partial charge >= 0.3 is 0 Å². The fraction of sp³-hybridized carbons (Fsp3) is 0.684. The number of hydrogen-bond acceptors (Lipinski definition) is 2. The van der Waals surface area contributed by atoms with Crippen molar-refractivity contribution in [3.05, 3.63) is 35.9 Å². The molecule has 1 N–H and O–H groups in total. The molecule has 0 radical (unpaired) electrons. The molecule has 0 aromatic heterocycles. The molecule has 21 heavy (non-hydrogen) atoms. The molecule has 0 bridgehead atoms. The van der Waals surface area contributed by atoms with E-state index in [9.17, 15) is 0 Å². The van der Waals surface area contributed by atoms with Gasteiger partial charge in [-0.1, -0.05) is 44.2 Å². The number of piperazine rings is 1. The summed E-state index contributed by atoms with van der Waals surface area (Å²) in [6, 6.07) is 13.0. The second-order valence-electron chi connectivity index (χ2n) is 7.32. The first kappa shape index (κ1) is 15.1. The number of nitrogens with one attached hydrogen (secondary N) is 1. The summed E-state index contributed by atoms with van der Waals surface area (Å²) in [6.07, 6.45) is 3.96. The Balaban J connectivity index is 1.65. The van der Waals surface area contributed by atoms with Crippen LogP contribution in [0.2, 0.25) is 0 Å². The van der Waals surface area contributed by atoms with Gasteiger partial charge < -0.3 is 5.32 Å². The van der Waals surface area contributed by atoms with E-state index in [0.29, 0.717) is 12.1 Å². The molecule has 1 aromatic rings. The van der Waals surface area contributed by atoms with Crippen LogP contribution in [-0.4, -0.2) is 36.1 Å². The smallest absolute Gasteiger partial charge is 0.0236 e. The van der Waals surface area contributed by atoms with Crippen molar-refractivity contribution in [3.63, 3.8) is 0 Å². The van der Waals surface area contributed by atoms with E-state index in [2.05, 4.69) is 61.3 Å². The largest absolute Gasteiger partial charge is 0.311 e. The van der Waals surface area contributed by atoms with Crippen LogP contribution in [0.15, 0.2) is 30.3 Å². The Morgan fingerprint density at radius 3 is 2.52 bits per heavy atom. The lowest BCUT2D eigenvalue weighted by atomic mass is 9.93. The quantitative estimate of drug-likeness (QED) is 0.917. The van der Waals surface area contributed by atoms with Crippen LogP contribution in [-0.2, 0) is 6.42 Å².